The number of nitrogens with one attached hydrogen (secondary N) is 1. The van der Waals surface area contributed by atoms with Crippen LogP contribution in [0.2, 0.25) is 0 Å². The molecule has 0 bridgehead atoms. The van der Waals surface area contributed by atoms with Crippen molar-refractivity contribution in [3.05, 3.63) is 71.9 Å². The van der Waals surface area contributed by atoms with Crippen LogP contribution in [-0.2, 0) is 4.74 Å². The molecule has 0 radical (unpaired) electrons. The van der Waals surface area contributed by atoms with Gasteiger partial charge >= 0.3 is 0 Å². The summed E-state index contributed by atoms with van der Waals surface area (Å²) >= 11 is 0. The summed E-state index contributed by atoms with van der Waals surface area (Å²) < 4.78 is 5.23. The highest BCUT2D eigenvalue weighted by Gasteiger charge is 2.29. The van der Waals surface area contributed by atoms with Crippen molar-refractivity contribution in [1.29, 1.82) is 0 Å². The van der Waals surface area contributed by atoms with E-state index in [0.717, 1.165) is 22.0 Å². The average molecular weight is 323 g/mol. The van der Waals surface area contributed by atoms with E-state index in [0.29, 0.717) is 6.61 Å². The van der Waals surface area contributed by atoms with Crippen molar-refractivity contribution in [3.8, 4) is 0 Å². The first-order chi connectivity index (χ1) is 11.7. The third kappa shape index (κ3) is 3.40. The first-order valence-corrected chi connectivity index (χ1v) is 8.20. The average Bonchev–Trinajstić information content (AvgIpc) is 3.04. The molecular weight excluding hydrogens is 300 g/mol. The fourth-order valence-corrected chi connectivity index (χ4v) is 3.10. The number of ether oxygens (including phenoxy) is 1. The van der Waals surface area contributed by atoms with E-state index in [1.165, 1.54) is 0 Å². The highest BCUT2D eigenvalue weighted by atomic mass is 16.5. The molecule has 1 aromatic heterocycles. The van der Waals surface area contributed by atoms with Crippen molar-refractivity contribution in [2.24, 2.45) is 0 Å². The van der Waals surface area contributed by atoms with Crippen molar-refractivity contribution in [3.63, 3.8) is 0 Å². The molecule has 0 spiro atoms. The molecule has 0 aliphatic heterocycles. The monoisotopic (exact) mass is 323 g/mol. The minimum atomic E-state index is -0.282. The summed E-state index contributed by atoms with van der Waals surface area (Å²) in [4.78, 5) is 16.5. The predicted octanol–water partition coefficient (Wildman–Crippen LogP) is 2.69. The van der Waals surface area contributed by atoms with Gasteiger partial charge in [-0.25, -0.2) is 0 Å². The maximum Gasteiger partial charge on any atom is 0.226 e. The number of hydrogen-bond donors (Lipinski definition) is 2. The van der Waals surface area contributed by atoms with Crippen LogP contribution in [0.5, 0.6) is 0 Å². The number of rotatable bonds is 7. The molecule has 0 saturated carbocycles. The van der Waals surface area contributed by atoms with Gasteiger partial charge in [0.1, 0.15) is 6.04 Å². The largest absolute Gasteiger partial charge is 0.379 e. The molecule has 0 saturated heterocycles. The topological polar surface area (TPSA) is 58.7 Å². The molecule has 24 heavy (non-hydrogen) atoms. The Kier molecular flexibility index (Phi) is 5.08. The number of aromatic nitrogens is 1. The minimum absolute atomic E-state index is 0.113. The fraction of sp³-hybridized carbons (Fsp3) is 0.250. The van der Waals surface area contributed by atoms with Crippen molar-refractivity contribution >= 4 is 16.7 Å². The van der Waals surface area contributed by atoms with Crippen LogP contribution in [-0.4, -0.2) is 30.5 Å². The maximum absolute atomic E-state index is 13.3. The maximum atomic E-state index is 13.3. The summed E-state index contributed by atoms with van der Waals surface area (Å²) in [6.07, 6.45) is 1.82. The van der Waals surface area contributed by atoms with Crippen molar-refractivity contribution in [2.45, 2.75) is 19.0 Å². The fourth-order valence-electron chi connectivity index (χ4n) is 3.10. The van der Waals surface area contributed by atoms with Crippen LogP contribution in [0.15, 0.2) is 60.8 Å². The summed E-state index contributed by atoms with van der Waals surface area (Å²) in [6, 6.07) is 17.7. The molecule has 0 aliphatic carbocycles. The number of aromatic amines is 1. The number of nitrogens with two attached hydrogens (primary N) is 1. The molecule has 0 fully saturated rings. The Hall–Kier alpha value is -2.43. The second-order valence-electron chi connectivity index (χ2n) is 6.13. The first-order valence-electron chi connectivity index (χ1n) is 8.20. The Bertz CT molecular complexity index is 811. The Morgan fingerprint density at radius 1 is 1.12 bits per heavy atom. The lowest BCUT2D eigenvalue weighted by atomic mass is 9.96. The van der Waals surface area contributed by atoms with Gasteiger partial charge in [-0.3, -0.25) is 4.79 Å². The van der Waals surface area contributed by atoms with Gasteiger partial charge in [-0.2, -0.15) is 0 Å². The lowest BCUT2D eigenvalue weighted by Gasteiger charge is -2.19. The van der Waals surface area contributed by atoms with Gasteiger partial charge in [-0.1, -0.05) is 48.5 Å². The number of quaternary nitrogens is 1. The summed E-state index contributed by atoms with van der Waals surface area (Å²) in [5.41, 5.74) is 2.73. The van der Waals surface area contributed by atoms with E-state index in [4.69, 9.17) is 4.74 Å². The van der Waals surface area contributed by atoms with E-state index in [-0.39, 0.29) is 17.9 Å². The predicted molar refractivity (Wildman–Crippen MR) is 95.1 cm³/mol. The molecular formula is C20H23N2O2+. The Labute approximate surface area is 141 Å². The minimum Gasteiger partial charge on any atom is -0.379 e. The van der Waals surface area contributed by atoms with Crippen LogP contribution in [0.3, 0.4) is 0 Å². The Morgan fingerprint density at radius 3 is 2.58 bits per heavy atom. The third-order valence-corrected chi connectivity index (χ3v) is 4.25. The van der Waals surface area contributed by atoms with Crippen LogP contribution in [0.25, 0.3) is 10.9 Å². The van der Waals surface area contributed by atoms with Crippen LogP contribution < -0.4 is 5.32 Å². The number of H-pyrrole nitrogens is 1. The number of ketones is 1. The van der Waals surface area contributed by atoms with Crippen molar-refractivity contribution < 1.29 is 14.8 Å². The lowest BCUT2D eigenvalue weighted by molar-refractivity contribution is -0.712. The Morgan fingerprint density at radius 2 is 1.83 bits per heavy atom. The van der Waals surface area contributed by atoms with Crippen LogP contribution >= 0.6 is 0 Å². The Balaban J connectivity index is 1.96. The zero-order valence-corrected chi connectivity index (χ0v) is 14.0. The van der Waals surface area contributed by atoms with E-state index < -0.39 is 0 Å². The molecule has 0 unspecified atom stereocenters. The lowest BCUT2D eigenvalue weighted by Crippen LogP contribution is -2.92. The number of para-hydroxylation sites is 1. The van der Waals surface area contributed by atoms with E-state index in [1.54, 1.807) is 7.11 Å². The number of fused-ring (bicyclic) bond motifs is 1. The molecule has 124 valence electrons. The number of Topliss-reactive ketones (excluding diaryl/α,β-unsaturated/α-hetero) is 1. The molecule has 0 aliphatic rings. The number of benzene rings is 2. The van der Waals surface area contributed by atoms with E-state index in [2.05, 4.69) is 17.2 Å². The van der Waals surface area contributed by atoms with Crippen LogP contribution in [0.1, 0.15) is 28.9 Å². The van der Waals surface area contributed by atoms with Gasteiger partial charge < -0.3 is 15.0 Å². The first kappa shape index (κ1) is 16.4. The smallest absolute Gasteiger partial charge is 0.226 e. The normalized spacial score (nSPS) is 13.8. The van der Waals surface area contributed by atoms with E-state index in [1.807, 2.05) is 60.8 Å². The van der Waals surface area contributed by atoms with Gasteiger partial charge in [0.05, 0.1) is 6.61 Å². The van der Waals surface area contributed by atoms with Gasteiger partial charge in [0.15, 0.2) is 6.04 Å². The SMILES string of the molecule is COC[C@@H](C)[NH2+][C@@H](C(=O)c1c[nH]c2ccccc12)c1ccccc1. The highest BCUT2D eigenvalue weighted by molar-refractivity contribution is 6.09. The number of carbonyl (C=O) groups is 1. The molecule has 3 aromatic rings. The molecule has 4 nitrogen and oxygen atoms in total. The molecule has 2 aromatic carbocycles. The number of hydrogen-bond acceptors (Lipinski definition) is 2. The zero-order chi connectivity index (χ0) is 16.9. The second kappa shape index (κ2) is 7.43. The summed E-state index contributed by atoms with van der Waals surface area (Å²) in [5, 5.41) is 3.05. The molecule has 3 rings (SSSR count). The van der Waals surface area contributed by atoms with E-state index in [9.17, 15) is 4.79 Å². The van der Waals surface area contributed by atoms with Gasteiger partial charge in [-0.15, -0.1) is 0 Å². The number of carbonyl (C=O) groups excluding carboxylic acids is 1. The van der Waals surface area contributed by atoms with Gasteiger partial charge in [0.2, 0.25) is 5.78 Å². The summed E-state index contributed by atoms with van der Waals surface area (Å²) in [7, 11) is 1.68. The quantitative estimate of drug-likeness (QED) is 0.657. The van der Waals surface area contributed by atoms with Gasteiger partial charge in [0, 0.05) is 35.3 Å². The van der Waals surface area contributed by atoms with Crippen molar-refractivity contribution in [1.82, 2.24) is 4.98 Å². The zero-order valence-electron chi connectivity index (χ0n) is 14.0. The van der Waals surface area contributed by atoms with Gasteiger partial charge in [0.25, 0.3) is 0 Å². The molecule has 2 atom stereocenters. The van der Waals surface area contributed by atoms with Gasteiger partial charge in [-0.05, 0) is 13.0 Å². The van der Waals surface area contributed by atoms with Crippen LogP contribution in [0.4, 0.5) is 0 Å². The third-order valence-electron chi connectivity index (χ3n) is 4.25. The summed E-state index contributed by atoms with van der Waals surface area (Å²) in [5.74, 6) is 0.113. The standard InChI is InChI=1S/C20H22N2O2/c1-14(13-24-2)22-19(15-8-4-3-5-9-15)20(23)17-12-21-18-11-7-6-10-16(17)18/h3-12,14,19,21-22H,13H2,1-2H3/p+1/t14-,19-/m1/s1. The number of methoxy groups -OCH3 is 1. The van der Waals surface area contributed by atoms with E-state index >= 15 is 0 Å². The molecule has 1 heterocycles. The second-order valence-corrected chi connectivity index (χ2v) is 6.13. The van der Waals surface area contributed by atoms with Crippen molar-refractivity contribution in [2.75, 3.05) is 13.7 Å². The van der Waals surface area contributed by atoms with Crippen LogP contribution in [0, 0.1) is 0 Å². The molecule has 0 amide bonds. The molecule has 3 N–H and O–H groups in total. The summed E-state index contributed by atoms with van der Waals surface area (Å²) in [6.45, 7) is 2.67. The highest BCUT2D eigenvalue weighted by Crippen LogP contribution is 2.23. The molecule has 4 heteroatoms.